The van der Waals surface area contributed by atoms with Crippen LogP contribution < -0.4 is 0 Å². The zero-order chi connectivity index (χ0) is 18.2. The fraction of sp³-hybridized carbons (Fsp3) is 0.850. The molecule has 1 aliphatic carbocycles. The molecular formula is C20H33NO4. The molecule has 3 rings (SSSR count). The molecule has 2 saturated heterocycles. The lowest BCUT2D eigenvalue weighted by atomic mass is 9.71. The van der Waals surface area contributed by atoms with Crippen LogP contribution in [0.15, 0.2) is 0 Å². The summed E-state index contributed by atoms with van der Waals surface area (Å²) < 4.78 is 5.96. The predicted octanol–water partition coefficient (Wildman–Crippen LogP) is 4.91. The van der Waals surface area contributed by atoms with Gasteiger partial charge in [0.1, 0.15) is 0 Å². The van der Waals surface area contributed by atoms with Crippen molar-refractivity contribution in [3.8, 4) is 0 Å². The molecule has 4 unspecified atom stereocenters. The third kappa shape index (κ3) is 5.77. The summed E-state index contributed by atoms with van der Waals surface area (Å²) in [6.45, 7) is 5.98. The summed E-state index contributed by atoms with van der Waals surface area (Å²) in [5.74, 6) is 0.826. The third-order valence-corrected chi connectivity index (χ3v) is 5.90. The summed E-state index contributed by atoms with van der Waals surface area (Å²) >= 11 is 0. The van der Waals surface area contributed by atoms with Crippen molar-refractivity contribution in [1.29, 1.82) is 0 Å². The van der Waals surface area contributed by atoms with Gasteiger partial charge in [-0.05, 0) is 37.5 Å². The van der Waals surface area contributed by atoms with Gasteiger partial charge in [-0.1, -0.05) is 46.0 Å². The lowest BCUT2D eigenvalue weighted by molar-refractivity contribution is -0.524. The topological polar surface area (TPSA) is 69.4 Å². The minimum Gasteiger partial charge on any atom is -0.360 e. The Morgan fingerprint density at radius 2 is 2.04 bits per heavy atom. The predicted molar refractivity (Wildman–Crippen MR) is 97.3 cm³/mol. The zero-order valence-corrected chi connectivity index (χ0v) is 15.6. The van der Waals surface area contributed by atoms with Crippen LogP contribution in [-0.2, 0) is 9.53 Å². The molecule has 0 aromatic heterocycles. The molecular weight excluding hydrogens is 318 g/mol. The standard InChI is InChI=1S/C20H33NO4/c1-3-5-6-7-8-9-17(21(23)24)11-12-18(22)20-16-10-13-19(25-20)15(4-2)14-16/h15-17,19H,1,3-14H2,2H3. The second kappa shape index (κ2) is 10.2. The lowest BCUT2D eigenvalue weighted by Crippen LogP contribution is -2.45. The number of fused-ring (bicyclic) bond motifs is 3. The van der Waals surface area contributed by atoms with Crippen LogP contribution in [0.2, 0.25) is 0 Å². The average molecular weight is 351 g/mol. The van der Waals surface area contributed by atoms with Crippen LogP contribution >= 0.6 is 0 Å². The maximum Gasteiger partial charge on any atom is 0.213 e. The maximum absolute atomic E-state index is 12.5. The van der Waals surface area contributed by atoms with Gasteiger partial charge in [0.05, 0.1) is 6.10 Å². The SMILES string of the molecule is [CH2]CCCCCCC(CCC(=O)[C]1OC2CCC1CC2CC)[N+](=O)[O-]. The van der Waals surface area contributed by atoms with Crippen molar-refractivity contribution in [2.75, 3.05) is 0 Å². The fourth-order valence-electron chi connectivity index (χ4n) is 4.30. The first kappa shape index (κ1) is 20.3. The summed E-state index contributed by atoms with van der Waals surface area (Å²) in [4.78, 5) is 23.6. The number of Topliss-reactive ketones (excluding diaryl/α,β-unsaturated/α-hetero) is 1. The van der Waals surface area contributed by atoms with Crippen molar-refractivity contribution in [2.45, 2.75) is 96.1 Å². The van der Waals surface area contributed by atoms with Crippen molar-refractivity contribution in [1.82, 2.24) is 0 Å². The van der Waals surface area contributed by atoms with Crippen LogP contribution in [-0.4, -0.2) is 22.9 Å². The molecule has 3 fully saturated rings. The first-order valence-corrected chi connectivity index (χ1v) is 10.1. The van der Waals surface area contributed by atoms with E-state index in [4.69, 9.17) is 4.74 Å². The Labute approximate surface area is 152 Å². The van der Waals surface area contributed by atoms with E-state index in [9.17, 15) is 14.9 Å². The Hall–Kier alpha value is -0.970. The number of ketones is 1. The van der Waals surface area contributed by atoms with Crippen LogP contribution in [0.4, 0.5) is 0 Å². The lowest BCUT2D eigenvalue weighted by Gasteiger charge is -2.45. The Morgan fingerprint density at radius 3 is 2.64 bits per heavy atom. The van der Waals surface area contributed by atoms with Crippen LogP contribution in [0, 0.1) is 35.0 Å². The molecule has 1 saturated carbocycles. The number of nitro groups is 1. The van der Waals surface area contributed by atoms with E-state index in [-0.39, 0.29) is 29.1 Å². The highest BCUT2D eigenvalue weighted by Crippen LogP contribution is 2.46. The van der Waals surface area contributed by atoms with E-state index in [1.165, 1.54) is 0 Å². The van der Waals surface area contributed by atoms with Gasteiger partial charge in [-0.3, -0.25) is 14.9 Å². The van der Waals surface area contributed by atoms with Gasteiger partial charge in [-0.2, -0.15) is 0 Å². The van der Waals surface area contributed by atoms with E-state index in [0.717, 1.165) is 57.8 Å². The molecule has 5 nitrogen and oxygen atoms in total. The summed E-state index contributed by atoms with van der Waals surface area (Å²) in [6, 6.07) is -0.603. The first-order valence-electron chi connectivity index (χ1n) is 10.1. The van der Waals surface area contributed by atoms with Gasteiger partial charge >= 0.3 is 0 Å². The minimum atomic E-state index is -0.603. The Balaban J connectivity index is 1.74. The maximum atomic E-state index is 12.5. The summed E-state index contributed by atoms with van der Waals surface area (Å²) in [5.41, 5.74) is 0. The number of hydrogen-bond donors (Lipinski definition) is 0. The molecule has 0 N–H and O–H groups in total. The van der Waals surface area contributed by atoms with Crippen LogP contribution in [0.25, 0.3) is 0 Å². The number of unbranched alkanes of at least 4 members (excludes halogenated alkanes) is 4. The van der Waals surface area contributed by atoms with Crippen molar-refractivity contribution in [3.05, 3.63) is 23.1 Å². The highest BCUT2D eigenvalue weighted by Gasteiger charge is 2.45. The molecule has 5 heteroatoms. The number of ether oxygens (including phenoxy) is 1. The number of rotatable bonds is 12. The third-order valence-electron chi connectivity index (χ3n) is 5.90. The van der Waals surface area contributed by atoms with Gasteiger partial charge in [-0.15, -0.1) is 0 Å². The van der Waals surface area contributed by atoms with Crippen molar-refractivity contribution < 1.29 is 14.5 Å². The van der Waals surface area contributed by atoms with Gasteiger partial charge in [0.2, 0.25) is 6.04 Å². The largest absolute Gasteiger partial charge is 0.360 e. The molecule has 0 aromatic rings. The normalized spacial score (nSPS) is 27.4. The van der Waals surface area contributed by atoms with Crippen molar-refractivity contribution in [2.24, 2.45) is 11.8 Å². The summed E-state index contributed by atoms with van der Waals surface area (Å²) in [7, 11) is 0. The van der Waals surface area contributed by atoms with Crippen LogP contribution in [0.1, 0.15) is 84.0 Å². The van der Waals surface area contributed by atoms with Gasteiger partial charge in [-0.25, -0.2) is 0 Å². The highest BCUT2D eigenvalue weighted by molar-refractivity contribution is 5.90. The van der Waals surface area contributed by atoms with E-state index in [1.807, 2.05) is 0 Å². The molecule has 0 aromatic carbocycles. The fourth-order valence-corrected chi connectivity index (χ4v) is 4.30. The first-order chi connectivity index (χ1) is 12.1. The Bertz CT molecular complexity index is 439. The molecule has 0 amide bonds. The van der Waals surface area contributed by atoms with E-state index >= 15 is 0 Å². The van der Waals surface area contributed by atoms with Crippen LogP contribution in [0.5, 0.6) is 0 Å². The van der Waals surface area contributed by atoms with Gasteiger partial charge in [0.15, 0.2) is 11.9 Å². The van der Waals surface area contributed by atoms with E-state index in [2.05, 4.69) is 13.8 Å². The molecule has 3 aliphatic rings. The molecule has 2 aliphatic heterocycles. The number of nitrogens with zero attached hydrogens (tertiary/aromatic N) is 1. The van der Waals surface area contributed by atoms with Crippen molar-refractivity contribution >= 4 is 5.78 Å². The summed E-state index contributed by atoms with van der Waals surface area (Å²) in [6.07, 6.45) is 11.1. The quantitative estimate of drug-likeness (QED) is 0.284. The monoisotopic (exact) mass is 351 g/mol. The van der Waals surface area contributed by atoms with E-state index < -0.39 is 6.04 Å². The van der Waals surface area contributed by atoms with Gasteiger partial charge in [0.25, 0.3) is 0 Å². The molecule has 2 radical (unpaired) electrons. The summed E-state index contributed by atoms with van der Waals surface area (Å²) in [5, 5.41) is 11.3. The second-order valence-electron chi connectivity index (χ2n) is 7.66. The molecule has 142 valence electrons. The van der Waals surface area contributed by atoms with E-state index in [0.29, 0.717) is 24.9 Å². The number of carbonyl (C=O) groups is 1. The zero-order valence-electron chi connectivity index (χ0n) is 15.6. The Kier molecular flexibility index (Phi) is 8.34. The molecule has 2 bridgehead atoms. The number of hydrogen-bond acceptors (Lipinski definition) is 4. The average Bonchev–Trinajstić information content (AvgIpc) is 2.63. The Morgan fingerprint density at radius 1 is 1.28 bits per heavy atom. The molecule has 2 heterocycles. The molecule has 0 spiro atoms. The molecule has 4 atom stereocenters. The smallest absolute Gasteiger partial charge is 0.213 e. The highest BCUT2D eigenvalue weighted by atomic mass is 16.6. The number of carbonyl (C=O) groups excluding carboxylic acids is 1. The van der Waals surface area contributed by atoms with E-state index in [1.54, 1.807) is 0 Å². The van der Waals surface area contributed by atoms with Gasteiger partial charge < -0.3 is 4.74 Å². The second-order valence-corrected chi connectivity index (χ2v) is 7.66. The molecule has 25 heavy (non-hydrogen) atoms. The minimum absolute atomic E-state index is 0.00756. The van der Waals surface area contributed by atoms with Gasteiger partial charge in [0, 0.05) is 24.2 Å². The van der Waals surface area contributed by atoms with Crippen LogP contribution in [0.3, 0.4) is 0 Å². The van der Waals surface area contributed by atoms with Crippen molar-refractivity contribution in [3.63, 3.8) is 0 Å².